The van der Waals surface area contributed by atoms with Crippen molar-refractivity contribution in [3.05, 3.63) is 70.7 Å². The van der Waals surface area contributed by atoms with E-state index in [1.807, 2.05) is 42.5 Å². The number of hydrogen-bond acceptors (Lipinski definition) is 4. The zero-order chi connectivity index (χ0) is 26.6. The van der Waals surface area contributed by atoms with Crippen LogP contribution >= 0.6 is 15.9 Å². The number of carbonyl (C=O) groups excluding carboxylic acids is 2. The van der Waals surface area contributed by atoms with Gasteiger partial charge in [0.25, 0.3) is 10.0 Å². The third-order valence-electron chi connectivity index (χ3n) is 6.70. The Bertz CT molecular complexity index is 1390. The molecular weight excluding hydrogens is 554 g/mol. The number of benzene rings is 3. The molecule has 1 heterocycles. The van der Waals surface area contributed by atoms with Crippen LogP contribution in [-0.2, 0) is 26.2 Å². The van der Waals surface area contributed by atoms with Crippen LogP contribution in [0.3, 0.4) is 0 Å². The van der Waals surface area contributed by atoms with E-state index < -0.39 is 16.1 Å². The van der Waals surface area contributed by atoms with Crippen LogP contribution in [0.5, 0.6) is 0 Å². The van der Waals surface area contributed by atoms with Gasteiger partial charge in [-0.25, -0.2) is 8.42 Å². The first-order chi connectivity index (χ1) is 17.7. The van der Waals surface area contributed by atoms with Crippen LogP contribution in [0.25, 0.3) is 10.8 Å². The summed E-state index contributed by atoms with van der Waals surface area (Å²) in [6, 6.07) is 17.8. The van der Waals surface area contributed by atoms with Crippen molar-refractivity contribution in [3.8, 4) is 0 Å². The number of rotatable bonds is 11. The Morgan fingerprint density at radius 2 is 1.73 bits per heavy atom. The van der Waals surface area contributed by atoms with Crippen LogP contribution in [-0.4, -0.2) is 44.3 Å². The number of hydrogen-bond donors (Lipinski definition) is 1. The van der Waals surface area contributed by atoms with E-state index in [4.69, 9.17) is 0 Å². The molecule has 37 heavy (non-hydrogen) atoms. The number of nitrogens with zero attached hydrogens (tertiary/aromatic N) is 2. The Morgan fingerprint density at radius 1 is 1.03 bits per heavy atom. The fourth-order valence-electron chi connectivity index (χ4n) is 4.62. The maximum atomic E-state index is 13.4. The normalized spacial score (nSPS) is 14.5. The Labute approximate surface area is 227 Å². The largest absolute Gasteiger partial charge is 0.354 e. The van der Waals surface area contributed by atoms with Crippen molar-refractivity contribution in [1.82, 2.24) is 10.2 Å². The molecule has 0 unspecified atom stereocenters. The summed E-state index contributed by atoms with van der Waals surface area (Å²) in [5.41, 5.74) is 1.56. The average molecular weight is 587 g/mol. The Balaban J connectivity index is 1.47. The zero-order valence-corrected chi connectivity index (χ0v) is 23.5. The lowest BCUT2D eigenvalue weighted by Gasteiger charge is -2.29. The highest BCUT2D eigenvalue weighted by Crippen LogP contribution is 2.42. The van der Waals surface area contributed by atoms with Gasteiger partial charge >= 0.3 is 0 Å². The minimum absolute atomic E-state index is 0.126. The van der Waals surface area contributed by atoms with Crippen molar-refractivity contribution < 1.29 is 18.0 Å². The van der Waals surface area contributed by atoms with Gasteiger partial charge in [0, 0.05) is 35.9 Å². The second-order valence-electron chi connectivity index (χ2n) is 9.28. The topological polar surface area (TPSA) is 86.8 Å². The summed E-state index contributed by atoms with van der Waals surface area (Å²) < 4.78 is 28.8. The van der Waals surface area contributed by atoms with E-state index >= 15 is 0 Å². The maximum absolute atomic E-state index is 13.4. The average Bonchev–Trinajstić information content (AvgIpc) is 3.11. The van der Waals surface area contributed by atoms with E-state index in [9.17, 15) is 18.0 Å². The molecule has 9 heteroatoms. The SMILES string of the molecule is CCCCNC(=O)[C@@H](C)N(Cc1ccc(Br)cc1)C(=O)CCCN1c2cccc3cccc(c23)S1(=O)=O. The van der Waals surface area contributed by atoms with Gasteiger partial charge in [-0.15, -0.1) is 0 Å². The molecule has 0 saturated heterocycles. The lowest BCUT2D eigenvalue weighted by Crippen LogP contribution is -2.47. The molecule has 196 valence electrons. The minimum atomic E-state index is -3.67. The molecule has 1 atom stereocenters. The van der Waals surface area contributed by atoms with E-state index in [0.717, 1.165) is 33.7 Å². The van der Waals surface area contributed by atoms with Gasteiger partial charge < -0.3 is 10.2 Å². The Kier molecular flexibility index (Phi) is 8.54. The first kappa shape index (κ1) is 27.1. The number of unbranched alkanes of at least 4 members (excludes halogenated alkanes) is 1. The van der Waals surface area contributed by atoms with Gasteiger partial charge in [-0.1, -0.05) is 65.7 Å². The van der Waals surface area contributed by atoms with Gasteiger partial charge in [0.1, 0.15) is 6.04 Å². The molecule has 0 radical (unpaired) electrons. The molecule has 0 spiro atoms. The Hall–Kier alpha value is -2.91. The molecule has 7 nitrogen and oxygen atoms in total. The van der Waals surface area contributed by atoms with Gasteiger partial charge in [-0.2, -0.15) is 0 Å². The molecule has 1 aliphatic heterocycles. The third kappa shape index (κ3) is 5.83. The summed E-state index contributed by atoms with van der Waals surface area (Å²) in [4.78, 5) is 28.1. The van der Waals surface area contributed by atoms with Crippen molar-refractivity contribution in [2.75, 3.05) is 17.4 Å². The standard InChI is InChI=1S/C28H32BrN3O4S/c1-3-4-17-30-28(34)20(2)31(19-21-13-15-23(29)16-14-21)26(33)12-7-18-32-24-10-5-8-22-9-6-11-25(27(22)24)37(32,35)36/h5-6,8-11,13-16,20H,3-4,7,12,17-19H2,1-2H3,(H,30,34)/t20-/m1/s1. The van der Waals surface area contributed by atoms with Gasteiger partial charge in [-0.3, -0.25) is 13.9 Å². The van der Waals surface area contributed by atoms with Gasteiger partial charge in [0.15, 0.2) is 0 Å². The summed E-state index contributed by atoms with van der Waals surface area (Å²) in [5, 5.41) is 4.52. The molecule has 4 rings (SSSR count). The minimum Gasteiger partial charge on any atom is -0.354 e. The molecule has 1 N–H and O–H groups in total. The van der Waals surface area contributed by atoms with E-state index in [0.29, 0.717) is 30.1 Å². The van der Waals surface area contributed by atoms with Crippen LogP contribution < -0.4 is 9.62 Å². The number of amides is 2. The van der Waals surface area contributed by atoms with E-state index in [2.05, 4.69) is 28.2 Å². The number of halogens is 1. The van der Waals surface area contributed by atoms with Crippen LogP contribution in [0.15, 0.2) is 70.0 Å². The highest BCUT2D eigenvalue weighted by molar-refractivity contribution is 9.10. The van der Waals surface area contributed by atoms with E-state index in [1.54, 1.807) is 30.0 Å². The summed E-state index contributed by atoms with van der Waals surface area (Å²) in [6.07, 6.45) is 2.30. The molecule has 0 fully saturated rings. The predicted octanol–water partition coefficient (Wildman–Crippen LogP) is 5.22. The monoisotopic (exact) mass is 585 g/mol. The second-order valence-corrected chi connectivity index (χ2v) is 12.0. The molecule has 1 aliphatic rings. The molecule has 0 saturated carbocycles. The van der Waals surface area contributed by atoms with Crippen molar-refractivity contribution in [2.24, 2.45) is 0 Å². The molecule has 0 aromatic heterocycles. The fraction of sp³-hybridized carbons (Fsp3) is 0.357. The van der Waals surface area contributed by atoms with Crippen molar-refractivity contribution >= 4 is 54.2 Å². The number of sulfonamides is 1. The Morgan fingerprint density at radius 3 is 2.43 bits per heavy atom. The van der Waals surface area contributed by atoms with Gasteiger partial charge in [0.05, 0.1) is 10.6 Å². The number of carbonyl (C=O) groups is 2. The summed E-state index contributed by atoms with van der Waals surface area (Å²) >= 11 is 3.43. The maximum Gasteiger partial charge on any atom is 0.265 e. The van der Waals surface area contributed by atoms with Crippen molar-refractivity contribution in [2.45, 2.75) is 57.0 Å². The summed E-state index contributed by atoms with van der Waals surface area (Å²) in [7, 11) is -3.67. The van der Waals surface area contributed by atoms with Gasteiger partial charge in [0.2, 0.25) is 11.8 Å². The summed E-state index contributed by atoms with van der Waals surface area (Å²) in [6.45, 7) is 4.84. The molecule has 0 bridgehead atoms. The fourth-order valence-corrected chi connectivity index (χ4v) is 6.63. The van der Waals surface area contributed by atoms with Gasteiger partial charge in [-0.05, 0) is 55.0 Å². The highest BCUT2D eigenvalue weighted by atomic mass is 79.9. The molecule has 3 aromatic carbocycles. The van der Waals surface area contributed by atoms with Crippen LogP contribution in [0, 0.1) is 0 Å². The second kappa shape index (κ2) is 11.6. The summed E-state index contributed by atoms with van der Waals surface area (Å²) in [5.74, 6) is -0.378. The van der Waals surface area contributed by atoms with Crippen LogP contribution in [0.1, 0.15) is 45.1 Å². The van der Waals surface area contributed by atoms with Crippen molar-refractivity contribution in [1.29, 1.82) is 0 Å². The van der Waals surface area contributed by atoms with Crippen LogP contribution in [0.4, 0.5) is 5.69 Å². The molecular formula is C28H32BrN3O4S. The highest BCUT2D eigenvalue weighted by Gasteiger charge is 2.35. The van der Waals surface area contributed by atoms with Crippen LogP contribution in [0.2, 0.25) is 0 Å². The predicted molar refractivity (Wildman–Crippen MR) is 150 cm³/mol. The van der Waals surface area contributed by atoms with E-state index in [1.165, 1.54) is 4.31 Å². The smallest absolute Gasteiger partial charge is 0.265 e. The lowest BCUT2D eigenvalue weighted by atomic mass is 10.1. The first-order valence-corrected chi connectivity index (χ1v) is 14.8. The quantitative estimate of drug-likeness (QED) is 0.312. The number of anilines is 1. The zero-order valence-electron chi connectivity index (χ0n) is 21.1. The first-order valence-electron chi connectivity index (χ1n) is 12.6. The third-order valence-corrected chi connectivity index (χ3v) is 9.08. The molecule has 2 amide bonds. The van der Waals surface area contributed by atoms with E-state index in [-0.39, 0.29) is 24.8 Å². The van der Waals surface area contributed by atoms with Crippen molar-refractivity contribution in [3.63, 3.8) is 0 Å². The molecule has 3 aromatic rings. The lowest BCUT2D eigenvalue weighted by molar-refractivity contribution is -0.140. The number of nitrogens with one attached hydrogen (secondary N) is 1. The molecule has 0 aliphatic carbocycles.